The number of anilines is 3. The van der Waals surface area contributed by atoms with Gasteiger partial charge in [0.05, 0.1) is 5.69 Å². The highest BCUT2D eigenvalue weighted by Crippen LogP contribution is 2.55. The van der Waals surface area contributed by atoms with E-state index in [0.29, 0.717) is 0 Å². The molecule has 0 saturated heterocycles. The number of hydrogen-bond acceptors (Lipinski definition) is 2. The Bertz CT molecular complexity index is 3020. The maximum atomic E-state index is 7.12. The Labute approximate surface area is 333 Å². The molecule has 0 aromatic heterocycles. The second-order valence-electron chi connectivity index (χ2n) is 15.7. The van der Waals surface area contributed by atoms with Crippen molar-refractivity contribution in [3.63, 3.8) is 0 Å². The Hall–Kier alpha value is -7.16. The molecule has 1 aliphatic heterocycles. The van der Waals surface area contributed by atoms with Gasteiger partial charge in [0, 0.05) is 27.9 Å². The van der Waals surface area contributed by atoms with Gasteiger partial charge in [-0.2, -0.15) is 0 Å². The van der Waals surface area contributed by atoms with Crippen LogP contribution in [0.3, 0.4) is 0 Å². The van der Waals surface area contributed by atoms with Crippen molar-refractivity contribution in [3.8, 4) is 67.1 Å². The van der Waals surface area contributed by atoms with Gasteiger partial charge in [0.1, 0.15) is 11.5 Å². The van der Waals surface area contributed by atoms with Crippen LogP contribution in [0.25, 0.3) is 66.4 Å². The third-order valence-electron chi connectivity index (χ3n) is 12.0. The molecule has 0 saturated carbocycles. The summed E-state index contributed by atoms with van der Waals surface area (Å²) in [7, 11) is 0. The van der Waals surface area contributed by atoms with Crippen LogP contribution in [0.5, 0.6) is 11.5 Å². The molecule has 0 bridgehead atoms. The number of nitrogens with zero attached hydrogens (tertiary/aromatic N) is 1. The van der Waals surface area contributed by atoms with E-state index in [2.05, 4.69) is 219 Å². The summed E-state index contributed by atoms with van der Waals surface area (Å²) >= 11 is 0. The van der Waals surface area contributed by atoms with Crippen LogP contribution < -0.4 is 9.64 Å². The summed E-state index contributed by atoms with van der Waals surface area (Å²) in [6, 6.07) is 72.7. The van der Waals surface area contributed by atoms with Gasteiger partial charge < -0.3 is 9.64 Å². The first kappa shape index (κ1) is 33.2. The van der Waals surface area contributed by atoms with Crippen LogP contribution >= 0.6 is 0 Å². The summed E-state index contributed by atoms with van der Waals surface area (Å²) in [5, 5.41) is 2.34. The topological polar surface area (TPSA) is 12.5 Å². The average Bonchev–Trinajstić information content (AvgIpc) is 3.40. The maximum Gasteiger partial charge on any atom is 0.137 e. The molecule has 0 unspecified atom stereocenters. The van der Waals surface area contributed by atoms with Crippen LogP contribution in [0, 0.1) is 0 Å². The van der Waals surface area contributed by atoms with E-state index in [-0.39, 0.29) is 5.41 Å². The highest BCUT2D eigenvalue weighted by atomic mass is 16.5. The average molecular weight is 730 g/mol. The Morgan fingerprint density at radius 1 is 0.368 bits per heavy atom. The number of benzene rings is 9. The molecule has 57 heavy (non-hydrogen) atoms. The maximum absolute atomic E-state index is 7.12. The van der Waals surface area contributed by atoms with E-state index in [4.69, 9.17) is 4.74 Å². The normalized spacial score (nSPS) is 13.0. The Balaban J connectivity index is 1.19. The van der Waals surface area contributed by atoms with Crippen LogP contribution in [0.4, 0.5) is 17.1 Å². The van der Waals surface area contributed by atoms with Gasteiger partial charge in [-0.3, -0.25) is 0 Å². The van der Waals surface area contributed by atoms with Crippen LogP contribution in [0.2, 0.25) is 0 Å². The summed E-state index contributed by atoms with van der Waals surface area (Å²) in [6.45, 7) is 4.71. The van der Waals surface area contributed by atoms with E-state index in [1.807, 2.05) is 0 Å². The minimum atomic E-state index is -0.156. The standard InChI is InChI=1S/C55H39NO/c1-55(2)49-24-12-11-23-45(49)46-30-28-43(35-50(46)55)56(42-22-13-21-38(31-42)36-15-5-3-6-16-36)51-25-14-26-52-54(51)48-33-41(37-17-7-4-8-18-37)27-29-44(48)47-32-39-19-9-10-20-40(39)34-53(47)57-52/h3-35H,1-2H3. The van der Waals surface area contributed by atoms with Crippen molar-refractivity contribution >= 4 is 27.8 Å². The minimum absolute atomic E-state index is 0.156. The zero-order chi connectivity index (χ0) is 38.1. The summed E-state index contributed by atoms with van der Waals surface area (Å²) in [5.74, 6) is 1.68. The summed E-state index contributed by atoms with van der Waals surface area (Å²) in [5.41, 5.74) is 17.5. The van der Waals surface area contributed by atoms with Crippen molar-refractivity contribution in [3.05, 3.63) is 211 Å². The fourth-order valence-corrected chi connectivity index (χ4v) is 9.20. The Kier molecular flexibility index (Phi) is 7.55. The zero-order valence-corrected chi connectivity index (χ0v) is 31.9. The predicted octanol–water partition coefficient (Wildman–Crippen LogP) is 15.4. The number of fused-ring (bicyclic) bond motifs is 9. The van der Waals surface area contributed by atoms with Gasteiger partial charge in [0.15, 0.2) is 0 Å². The van der Waals surface area contributed by atoms with E-state index >= 15 is 0 Å². The molecule has 0 atom stereocenters. The van der Waals surface area contributed by atoms with Crippen LogP contribution in [-0.4, -0.2) is 0 Å². The fraction of sp³-hybridized carbons (Fsp3) is 0.0545. The van der Waals surface area contributed by atoms with Crippen molar-refractivity contribution < 1.29 is 4.74 Å². The molecule has 1 aliphatic carbocycles. The Morgan fingerprint density at radius 2 is 0.982 bits per heavy atom. The molecule has 1 heterocycles. The van der Waals surface area contributed by atoms with E-state index in [1.54, 1.807) is 0 Å². The van der Waals surface area contributed by atoms with E-state index < -0.39 is 0 Å². The van der Waals surface area contributed by atoms with Crippen LogP contribution in [0.15, 0.2) is 200 Å². The summed E-state index contributed by atoms with van der Waals surface area (Å²) in [6.07, 6.45) is 0. The van der Waals surface area contributed by atoms with Crippen molar-refractivity contribution in [1.82, 2.24) is 0 Å². The number of rotatable bonds is 5. The second-order valence-corrected chi connectivity index (χ2v) is 15.7. The van der Waals surface area contributed by atoms with Gasteiger partial charge in [-0.25, -0.2) is 0 Å². The molecule has 270 valence electrons. The molecule has 2 heteroatoms. The Morgan fingerprint density at radius 3 is 1.77 bits per heavy atom. The van der Waals surface area contributed by atoms with Gasteiger partial charge in [0.2, 0.25) is 0 Å². The smallest absolute Gasteiger partial charge is 0.137 e. The molecule has 2 nitrogen and oxygen atoms in total. The van der Waals surface area contributed by atoms with Crippen LogP contribution in [-0.2, 0) is 5.41 Å². The largest absolute Gasteiger partial charge is 0.456 e. The van der Waals surface area contributed by atoms with Gasteiger partial charge in [-0.05, 0) is 121 Å². The van der Waals surface area contributed by atoms with E-state index in [9.17, 15) is 0 Å². The molecular weight excluding hydrogens is 691 g/mol. The van der Waals surface area contributed by atoms with Crippen molar-refractivity contribution in [2.75, 3.05) is 4.90 Å². The molecule has 11 rings (SSSR count). The highest BCUT2D eigenvalue weighted by Gasteiger charge is 2.36. The predicted molar refractivity (Wildman–Crippen MR) is 238 cm³/mol. The molecule has 0 amide bonds. The third-order valence-corrected chi connectivity index (χ3v) is 12.0. The molecular formula is C55H39NO. The highest BCUT2D eigenvalue weighted by molar-refractivity contribution is 6.03. The molecule has 0 fully saturated rings. The lowest BCUT2D eigenvalue weighted by Gasteiger charge is -2.30. The van der Waals surface area contributed by atoms with Crippen molar-refractivity contribution in [2.24, 2.45) is 0 Å². The van der Waals surface area contributed by atoms with Crippen LogP contribution in [0.1, 0.15) is 25.0 Å². The molecule has 9 aromatic rings. The third kappa shape index (κ3) is 5.40. The van der Waals surface area contributed by atoms with Gasteiger partial charge >= 0.3 is 0 Å². The van der Waals surface area contributed by atoms with Gasteiger partial charge in [-0.1, -0.05) is 159 Å². The van der Waals surface area contributed by atoms with Gasteiger partial charge in [0.25, 0.3) is 0 Å². The monoisotopic (exact) mass is 729 g/mol. The van der Waals surface area contributed by atoms with Crippen molar-refractivity contribution in [1.29, 1.82) is 0 Å². The number of ether oxygens (including phenoxy) is 1. The van der Waals surface area contributed by atoms with E-state index in [0.717, 1.165) is 67.3 Å². The SMILES string of the molecule is CC1(C)c2ccccc2-c2ccc(N(c3cccc(-c4ccccc4)c3)c3cccc4c3-c3cc(-c5ccccc5)ccc3-c3cc5ccccc5cc3O4)cc21. The zero-order valence-electron chi connectivity index (χ0n) is 31.9. The first-order chi connectivity index (χ1) is 28.0. The molecule has 0 radical (unpaired) electrons. The van der Waals surface area contributed by atoms with Gasteiger partial charge in [-0.15, -0.1) is 0 Å². The van der Waals surface area contributed by atoms with E-state index in [1.165, 1.54) is 38.8 Å². The summed E-state index contributed by atoms with van der Waals surface area (Å²) < 4.78 is 7.12. The van der Waals surface area contributed by atoms with Crippen molar-refractivity contribution in [2.45, 2.75) is 19.3 Å². The first-order valence-corrected chi connectivity index (χ1v) is 19.8. The molecule has 9 aromatic carbocycles. The second kappa shape index (κ2) is 13.0. The number of hydrogen-bond donors (Lipinski definition) is 0. The lowest BCUT2D eigenvalue weighted by Crippen LogP contribution is -2.17. The minimum Gasteiger partial charge on any atom is -0.456 e. The quantitative estimate of drug-likeness (QED) is 0.175. The molecule has 0 N–H and O–H groups in total. The summed E-state index contributed by atoms with van der Waals surface area (Å²) in [4.78, 5) is 2.44. The lowest BCUT2D eigenvalue weighted by atomic mass is 9.82. The molecule has 0 spiro atoms. The first-order valence-electron chi connectivity index (χ1n) is 19.8. The molecule has 2 aliphatic rings. The fourth-order valence-electron chi connectivity index (χ4n) is 9.20. The lowest BCUT2D eigenvalue weighted by molar-refractivity contribution is 0.488.